The van der Waals surface area contributed by atoms with E-state index in [9.17, 15) is 9.59 Å². The van der Waals surface area contributed by atoms with Gasteiger partial charge in [0.1, 0.15) is 6.04 Å². The molecule has 0 spiro atoms. The maximum absolute atomic E-state index is 11.1. The lowest BCUT2D eigenvalue weighted by molar-refractivity contribution is -0.139. The zero-order valence-corrected chi connectivity index (χ0v) is 11.2. The number of nitrogens with zero attached hydrogens (tertiary/aromatic N) is 1. The third-order valence-corrected chi connectivity index (χ3v) is 3.07. The number of hydrogen-bond donors (Lipinski definition) is 2. The van der Waals surface area contributed by atoms with Gasteiger partial charge in [0.15, 0.2) is 0 Å². The molecule has 19 heavy (non-hydrogen) atoms. The second-order valence-corrected chi connectivity index (χ2v) is 4.37. The highest BCUT2D eigenvalue weighted by Crippen LogP contribution is 2.19. The molecule has 0 aliphatic heterocycles. The molecule has 0 saturated carbocycles. The molecule has 5 heteroatoms. The molecule has 5 nitrogen and oxygen atoms in total. The van der Waals surface area contributed by atoms with Gasteiger partial charge in [-0.05, 0) is 31.0 Å². The van der Waals surface area contributed by atoms with Crippen molar-refractivity contribution in [2.45, 2.75) is 32.7 Å². The minimum atomic E-state index is -0.968. The van der Waals surface area contributed by atoms with E-state index in [2.05, 4.69) is 0 Å². The Morgan fingerprint density at radius 3 is 2.21 bits per heavy atom. The van der Waals surface area contributed by atoms with Crippen molar-refractivity contribution < 1.29 is 19.8 Å². The van der Waals surface area contributed by atoms with Gasteiger partial charge in [0, 0.05) is 12.2 Å². The van der Waals surface area contributed by atoms with Crippen molar-refractivity contribution in [3.8, 4) is 0 Å². The average molecular weight is 265 g/mol. The Morgan fingerprint density at radius 1 is 1.21 bits per heavy atom. The van der Waals surface area contributed by atoms with E-state index in [0.29, 0.717) is 0 Å². The van der Waals surface area contributed by atoms with E-state index in [-0.39, 0.29) is 13.0 Å². The van der Waals surface area contributed by atoms with Crippen LogP contribution in [0.3, 0.4) is 0 Å². The molecule has 0 aliphatic carbocycles. The first kappa shape index (κ1) is 15.0. The van der Waals surface area contributed by atoms with Gasteiger partial charge >= 0.3 is 11.9 Å². The fourth-order valence-electron chi connectivity index (χ4n) is 1.82. The van der Waals surface area contributed by atoms with Crippen LogP contribution in [-0.2, 0) is 16.0 Å². The monoisotopic (exact) mass is 265 g/mol. The quantitative estimate of drug-likeness (QED) is 0.788. The lowest BCUT2D eigenvalue weighted by atomic mass is 10.1. The molecule has 0 saturated heterocycles. The molecular weight excluding hydrogens is 246 g/mol. The normalized spacial score (nSPS) is 11.9. The van der Waals surface area contributed by atoms with Gasteiger partial charge in [0.05, 0.1) is 6.42 Å². The summed E-state index contributed by atoms with van der Waals surface area (Å²) in [6.07, 6.45) is 0.817. The van der Waals surface area contributed by atoms with Crippen LogP contribution in [0.25, 0.3) is 0 Å². The van der Waals surface area contributed by atoms with Gasteiger partial charge in [-0.25, -0.2) is 4.79 Å². The Labute approximate surface area is 112 Å². The van der Waals surface area contributed by atoms with Crippen molar-refractivity contribution in [2.24, 2.45) is 0 Å². The molecule has 0 bridgehead atoms. The number of rotatable bonds is 7. The first-order valence-corrected chi connectivity index (χ1v) is 6.26. The Morgan fingerprint density at radius 2 is 1.79 bits per heavy atom. The largest absolute Gasteiger partial charge is 0.481 e. The number of carbonyl (C=O) groups is 2. The van der Waals surface area contributed by atoms with Gasteiger partial charge in [-0.3, -0.25) is 4.79 Å². The summed E-state index contributed by atoms with van der Waals surface area (Å²) in [7, 11) is 0. The van der Waals surface area contributed by atoms with Gasteiger partial charge in [-0.15, -0.1) is 0 Å². The second-order valence-electron chi connectivity index (χ2n) is 4.37. The third kappa shape index (κ3) is 4.28. The van der Waals surface area contributed by atoms with E-state index in [1.807, 2.05) is 31.2 Å². The van der Waals surface area contributed by atoms with Crippen LogP contribution in [-0.4, -0.2) is 34.7 Å². The fourth-order valence-corrected chi connectivity index (χ4v) is 1.82. The summed E-state index contributed by atoms with van der Waals surface area (Å²) < 4.78 is 0. The minimum Gasteiger partial charge on any atom is -0.481 e. The highest BCUT2D eigenvalue weighted by Gasteiger charge is 2.21. The molecule has 1 unspecified atom stereocenters. The number of aryl methyl sites for hydroxylation is 1. The third-order valence-electron chi connectivity index (χ3n) is 3.07. The molecule has 1 aromatic rings. The first-order chi connectivity index (χ1) is 8.95. The fraction of sp³-hybridized carbons (Fsp3) is 0.429. The van der Waals surface area contributed by atoms with E-state index >= 15 is 0 Å². The number of benzene rings is 1. The number of hydrogen-bond acceptors (Lipinski definition) is 3. The van der Waals surface area contributed by atoms with E-state index in [1.54, 1.807) is 11.8 Å². The molecule has 1 rings (SSSR count). The van der Waals surface area contributed by atoms with Crippen molar-refractivity contribution in [1.29, 1.82) is 0 Å². The van der Waals surface area contributed by atoms with Crippen LogP contribution < -0.4 is 4.90 Å². The maximum atomic E-state index is 11.1. The molecule has 0 aliphatic rings. The molecule has 0 amide bonds. The summed E-state index contributed by atoms with van der Waals surface area (Å²) in [5.41, 5.74) is 1.89. The highest BCUT2D eigenvalue weighted by molar-refractivity contribution is 5.78. The van der Waals surface area contributed by atoms with Crippen molar-refractivity contribution in [3.05, 3.63) is 29.8 Å². The van der Waals surface area contributed by atoms with Crippen LogP contribution in [0.4, 0.5) is 5.69 Å². The predicted octanol–water partition coefficient (Wildman–Crippen LogP) is 2.00. The van der Waals surface area contributed by atoms with Crippen molar-refractivity contribution in [1.82, 2.24) is 0 Å². The van der Waals surface area contributed by atoms with Crippen LogP contribution in [0.15, 0.2) is 24.3 Å². The molecule has 0 fully saturated rings. The van der Waals surface area contributed by atoms with Crippen LogP contribution in [0.1, 0.15) is 25.8 Å². The molecule has 1 aromatic carbocycles. The number of carboxylic acids is 2. The van der Waals surface area contributed by atoms with Crippen molar-refractivity contribution in [2.75, 3.05) is 11.4 Å². The van der Waals surface area contributed by atoms with E-state index in [4.69, 9.17) is 10.2 Å². The summed E-state index contributed by atoms with van der Waals surface area (Å²) in [6, 6.07) is 6.77. The van der Waals surface area contributed by atoms with Gasteiger partial charge in [-0.2, -0.15) is 0 Å². The van der Waals surface area contributed by atoms with Gasteiger partial charge in [-0.1, -0.05) is 19.1 Å². The number of anilines is 1. The Kier molecular flexibility index (Phi) is 5.36. The number of carboxylic acid groups (broad SMARTS) is 2. The minimum absolute atomic E-state index is 0.0901. The lowest BCUT2D eigenvalue weighted by Crippen LogP contribution is -2.40. The molecule has 104 valence electrons. The van der Waals surface area contributed by atoms with Gasteiger partial charge in [0.25, 0.3) is 0 Å². The summed E-state index contributed by atoms with van der Waals surface area (Å²) in [5, 5.41) is 17.8. The summed E-state index contributed by atoms with van der Waals surface area (Å²) in [5.74, 6) is -1.90. The smallest absolute Gasteiger partial charge is 0.326 e. The Bertz CT molecular complexity index is 441. The highest BCUT2D eigenvalue weighted by atomic mass is 16.4. The average Bonchev–Trinajstić information content (AvgIpc) is 2.39. The zero-order valence-electron chi connectivity index (χ0n) is 11.2. The second kappa shape index (κ2) is 6.78. The lowest BCUT2D eigenvalue weighted by Gasteiger charge is -2.28. The maximum Gasteiger partial charge on any atom is 0.326 e. The van der Waals surface area contributed by atoms with E-state index < -0.39 is 18.0 Å². The standard InChI is InChI=1S/C14H19NO4/c1-3-11-4-6-12(7-5-11)15(9-8-13(16)17)10(2)14(18)19/h4-7,10H,3,8-9H2,1-2H3,(H,16,17)(H,18,19). The summed E-state index contributed by atoms with van der Waals surface area (Å²) in [4.78, 5) is 23.3. The summed E-state index contributed by atoms with van der Waals surface area (Å²) >= 11 is 0. The molecule has 1 atom stereocenters. The topological polar surface area (TPSA) is 77.8 Å². The SMILES string of the molecule is CCc1ccc(N(CCC(=O)O)C(C)C(=O)O)cc1. The molecule has 0 aromatic heterocycles. The Hall–Kier alpha value is -2.04. The predicted molar refractivity (Wildman–Crippen MR) is 72.5 cm³/mol. The summed E-state index contributed by atoms with van der Waals surface area (Å²) in [6.45, 7) is 3.77. The molecule has 0 heterocycles. The zero-order chi connectivity index (χ0) is 14.4. The first-order valence-electron chi connectivity index (χ1n) is 6.26. The molecule has 0 radical (unpaired) electrons. The van der Waals surface area contributed by atoms with E-state index in [1.165, 1.54) is 0 Å². The molecular formula is C14H19NO4. The van der Waals surface area contributed by atoms with Crippen molar-refractivity contribution in [3.63, 3.8) is 0 Å². The van der Waals surface area contributed by atoms with Crippen LogP contribution in [0, 0.1) is 0 Å². The van der Waals surface area contributed by atoms with Crippen molar-refractivity contribution >= 4 is 17.6 Å². The van der Waals surface area contributed by atoms with Gasteiger partial charge < -0.3 is 15.1 Å². The number of aliphatic carboxylic acids is 2. The van der Waals surface area contributed by atoms with Crippen LogP contribution >= 0.6 is 0 Å². The van der Waals surface area contributed by atoms with Crippen LogP contribution in [0.2, 0.25) is 0 Å². The van der Waals surface area contributed by atoms with Crippen LogP contribution in [0.5, 0.6) is 0 Å². The van der Waals surface area contributed by atoms with Gasteiger partial charge in [0.2, 0.25) is 0 Å². The van der Waals surface area contributed by atoms with E-state index in [0.717, 1.165) is 17.7 Å². The molecule has 2 N–H and O–H groups in total. The Balaban J connectivity index is 2.93.